The van der Waals surface area contributed by atoms with Crippen LogP contribution in [0.15, 0.2) is 53.3 Å². The molecule has 2 amide bonds. The molecule has 10 heteroatoms. The van der Waals surface area contributed by atoms with Crippen LogP contribution in [0.3, 0.4) is 0 Å². The van der Waals surface area contributed by atoms with Crippen molar-refractivity contribution in [3.8, 4) is 0 Å². The molecule has 0 bridgehead atoms. The van der Waals surface area contributed by atoms with Crippen LogP contribution in [-0.2, 0) is 28.9 Å². The molecular formula is C25H30N4O6. The second-order valence-electron chi connectivity index (χ2n) is 8.13. The normalized spacial score (nSPS) is 11.6. The van der Waals surface area contributed by atoms with Crippen molar-refractivity contribution < 1.29 is 28.7 Å². The van der Waals surface area contributed by atoms with Gasteiger partial charge in [0, 0.05) is 31.8 Å². The molecule has 1 unspecified atom stereocenters. The summed E-state index contributed by atoms with van der Waals surface area (Å²) < 4.78 is 11.9. The van der Waals surface area contributed by atoms with E-state index in [-0.39, 0.29) is 12.8 Å². The lowest BCUT2D eigenvalue weighted by atomic mass is 10.1. The summed E-state index contributed by atoms with van der Waals surface area (Å²) in [4.78, 5) is 41.3. The molecule has 2 aromatic heterocycles. The second-order valence-corrected chi connectivity index (χ2v) is 8.13. The van der Waals surface area contributed by atoms with Crippen LogP contribution in [0.5, 0.6) is 0 Å². The zero-order chi connectivity index (χ0) is 25.2. The lowest BCUT2D eigenvalue weighted by molar-refractivity contribution is -0.129. The van der Waals surface area contributed by atoms with Crippen LogP contribution in [0.4, 0.5) is 0 Å². The maximum atomic E-state index is 13.3. The highest BCUT2D eigenvalue weighted by Gasteiger charge is 2.23. The van der Waals surface area contributed by atoms with E-state index in [0.29, 0.717) is 30.0 Å². The number of amides is 2. The fraction of sp³-hybridized carbons (Fsp3) is 0.360. The van der Waals surface area contributed by atoms with Crippen molar-refractivity contribution >= 4 is 17.8 Å². The molecule has 1 atom stereocenters. The Morgan fingerprint density at radius 2 is 1.97 bits per heavy atom. The van der Waals surface area contributed by atoms with Crippen LogP contribution in [0.2, 0.25) is 0 Å². The smallest absolute Gasteiger partial charge is 0.337 e. The van der Waals surface area contributed by atoms with Crippen LogP contribution < -0.4 is 10.8 Å². The molecule has 186 valence electrons. The molecule has 1 aromatic carbocycles. The first-order valence-corrected chi connectivity index (χ1v) is 11.4. The van der Waals surface area contributed by atoms with Gasteiger partial charge in [0.2, 0.25) is 5.91 Å². The molecule has 0 spiro atoms. The average molecular weight is 483 g/mol. The van der Waals surface area contributed by atoms with Gasteiger partial charge < -0.3 is 19.0 Å². The number of imidazole rings is 1. The Morgan fingerprint density at radius 3 is 2.60 bits per heavy atom. The van der Waals surface area contributed by atoms with E-state index in [2.05, 4.69) is 17.2 Å². The number of hydrogen-bond acceptors (Lipinski definition) is 7. The van der Waals surface area contributed by atoms with Crippen LogP contribution in [-0.4, -0.2) is 45.7 Å². The molecule has 3 N–H and O–H groups in total. The number of carbonyl (C=O) groups excluding carboxylic acids is 3. The topological polar surface area (TPSA) is 136 Å². The van der Waals surface area contributed by atoms with Crippen LogP contribution in [0.25, 0.3) is 0 Å². The van der Waals surface area contributed by atoms with Crippen LogP contribution in [0, 0.1) is 0 Å². The zero-order valence-corrected chi connectivity index (χ0v) is 19.8. The van der Waals surface area contributed by atoms with Crippen molar-refractivity contribution in [3.05, 3.63) is 77.3 Å². The first-order chi connectivity index (χ1) is 16.9. The van der Waals surface area contributed by atoms with Crippen molar-refractivity contribution in [3.63, 3.8) is 0 Å². The number of hydroxylamine groups is 1. The summed E-state index contributed by atoms with van der Waals surface area (Å²) in [7, 11) is 1.33. The van der Waals surface area contributed by atoms with E-state index >= 15 is 0 Å². The standard InChI is InChI=1S/C25H30N4O6/c1-3-4-7-22-26-15-21(29(22)16-17-8-10-18(11-9-17)25(32)34-2)24(31)27-19(14-23(30)28-33)13-20-6-5-12-35-20/h5-6,8-12,15,19,33H,3-4,7,13-14,16H2,1-2H3,(H,27,31)(H,28,30). The summed E-state index contributed by atoms with van der Waals surface area (Å²) in [6.07, 6.45) is 5.78. The molecule has 0 saturated heterocycles. The highest BCUT2D eigenvalue weighted by Crippen LogP contribution is 2.15. The summed E-state index contributed by atoms with van der Waals surface area (Å²) >= 11 is 0. The number of aryl methyl sites for hydroxylation is 1. The molecule has 0 radical (unpaired) electrons. The van der Waals surface area contributed by atoms with E-state index in [9.17, 15) is 14.4 Å². The second kappa shape index (κ2) is 12.5. The number of benzene rings is 1. The Bertz CT molecular complexity index is 1120. The minimum absolute atomic E-state index is 0.130. The Balaban J connectivity index is 1.83. The summed E-state index contributed by atoms with van der Waals surface area (Å²) in [6.45, 7) is 2.46. The lowest BCUT2D eigenvalue weighted by Gasteiger charge is -2.18. The van der Waals surface area contributed by atoms with Gasteiger partial charge in [0.05, 0.1) is 25.1 Å². The molecule has 0 saturated carbocycles. The quantitative estimate of drug-likeness (QED) is 0.205. The highest BCUT2D eigenvalue weighted by molar-refractivity contribution is 5.93. The van der Waals surface area contributed by atoms with Gasteiger partial charge in [0.15, 0.2) is 0 Å². The molecule has 10 nitrogen and oxygen atoms in total. The van der Waals surface area contributed by atoms with Gasteiger partial charge in [-0.25, -0.2) is 15.3 Å². The number of methoxy groups -OCH3 is 1. The lowest BCUT2D eigenvalue weighted by Crippen LogP contribution is -2.40. The molecule has 0 aliphatic rings. The first kappa shape index (κ1) is 25.7. The number of aromatic nitrogens is 2. The summed E-state index contributed by atoms with van der Waals surface area (Å²) in [6, 6.07) is 9.84. The van der Waals surface area contributed by atoms with E-state index < -0.39 is 23.8 Å². The molecule has 0 aliphatic carbocycles. The van der Waals surface area contributed by atoms with Gasteiger partial charge in [-0.05, 0) is 36.2 Å². The zero-order valence-electron chi connectivity index (χ0n) is 19.8. The number of rotatable bonds is 12. The van der Waals surface area contributed by atoms with E-state index in [1.54, 1.807) is 29.7 Å². The Hall–Kier alpha value is -3.92. The summed E-state index contributed by atoms with van der Waals surface area (Å²) in [5.41, 5.74) is 3.28. The molecule has 35 heavy (non-hydrogen) atoms. The molecular weight excluding hydrogens is 452 g/mol. The van der Waals surface area contributed by atoms with Gasteiger partial charge >= 0.3 is 5.97 Å². The number of nitrogens with zero attached hydrogens (tertiary/aromatic N) is 2. The van der Waals surface area contributed by atoms with Gasteiger partial charge in [-0.2, -0.15) is 0 Å². The van der Waals surface area contributed by atoms with Crippen LogP contribution in [0.1, 0.15) is 64.2 Å². The van der Waals surface area contributed by atoms with E-state index in [0.717, 1.165) is 24.2 Å². The molecule has 0 aliphatic heterocycles. The van der Waals surface area contributed by atoms with Crippen molar-refractivity contribution in [1.29, 1.82) is 0 Å². The first-order valence-electron chi connectivity index (χ1n) is 11.4. The highest BCUT2D eigenvalue weighted by atomic mass is 16.5. The number of furan rings is 1. The molecule has 3 aromatic rings. The third-order valence-electron chi connectivity index (χ3n) is 5.56. The van der Waals surface area contributed by atoms with Gasteiger partial charge in [0.1, 0.15) is 17.3 Å². The summed E-state index contributed by atoms with van der Waals surface area (Å²) in [5.74, 6) is -0.0653. The molecule has 0 fully saturated rings. The maximum Gasteiger partial charge on any atom is 0.337 e. The molecule has 2 heterocycles. The fourth-order valence-corrected chi connectivity index (χ4v) is 3.73. The monoisotopic (exact) mass is 482 g/mol. The third-order valence-corrected chi connectivity index (χ3v) is 5.56. The fourth-order valence-electron chi connectivity index (χ4n) is 3.73. The number of hydrogen-bond donors (Lipinski definition) is 3. The predicted octanol–water partition coefficient (Wildman–Crippen LogP) is 2.89. The number of unbranched alkanes of at least 4 members (excludes halogenated alkanes) is 1. The Kier molecular flexibility index (Phi) is 9.19. The Morgan fingerprint density at radius 1 is 1.20 bits per heavy atom. The van der Waals surface area contributed by atoms with Gasteiger partial charge in [0.25, 0.3) is 5.91 Å². The van der Waals surface area contributed by atoms with Gasteiger partial charge in [-0.15, -0.1) is 0 Å². The number of ether oxygens (including phenoxy) is 1. The van der Waals surface area contributed by atoms with Crippen molar-refractivity contribution in [2.45, 2.75) is 51.6 Å². The van der Waals surface area contributed by atoms with Crippen molar-refractivity contribution in [2.24, 2.45) is 0 Å². The third kappa shape index (κ3) is 7.03. The number of esters is 1. The van der Waals surface area contributed by atoms with Gasteiger partial charge in [-0.3, -0.25) is 14.8 Å². The predicted molar refractivity (Wildman–Crippen MR) is 126 cm³/mol. The number of nitrogens with one attached hydrogen (secondary N) is 2. The summed E-state index contributed by atoms with van der Waals surface area (Å²) in [5, 5.41) is 11.8. The minimum atomic E-state index is -0.621. The molecule has 3 rings (SSSR count). The maximum absolute atomic E-state index is 13.3. The van der Waals surface area contributed by atoms with E-state index in [1.807, 2.05) is 16.7 Å². The van der Waals surface area contributed by atoms with Crippen molar-refractivity contribution in [2.75, 3.05) is 7.11 Å². The van der Waals surface area contributed by atoms with E-state index in [4.69, 9.17) is 14.4 Å². The SMILES string of the molecule is CCCCc1ncc(C(=O)NC(CC(=O)NO)Cc2ccco2)n1Cc1ccc(C(=O)OC)cc1. The largest absolute Gasteiger partial charge is 0.469 e. The van der Waals surface area contributed by atoms with Crippen LogP contribution >= 0.6 is 0 Å². The Labute approximate surface area is 203 Å². The van der Waals surface area contributed by atoms with E-state index in [1.165, 1.54) is 19.6 Å². The van der Waals surface area contributed by atoms with Gasteiger partial charge in [-0.1, -0.05) is 25.5 Å². The average Bonchev–Trinajstić information content (AvgIpc) is 3.52. The minimum Gasteiger partial charge on any atom is -0.469 e. The van der Waals surface area contributed by atoms with Crippen molar-refractivity contribution in [1.82, 2.24) is 20.3 Å². The number of carbonyl (C=O) groups is 3.